The Labute approximate surface area is 189 Å². The number of aromatic nitrogens is 6. The molecule has 0 bridgehead atoms. The van der Waals surface area contributed by atoms with Crippen LogP contribution >= 0.6 is 0 Å². The molecule has 0 saturated heterocycles. The third kappa shape index (κ3) is 3.67. The summed E-state index contributed by atoms with van der Waals surface area (Å²) < 4.78 is 12.1. The van der Waals surface area contributed by atoms with E-state index in [9.17, 15) is 9.59 Å². The minimum Gasteiger partial charge on any atom is -0.497 e. The Morgan fingerprint density at radius 3 is 2.27 bits per heavy atom. The number of imidazole rings is 2. The van der Waals surface area contributed by atoms with Gasteiger partial charge in [-0.2, -0.15) is 4.98 Å². The first kappa shape index (κ1) is 20.0. The fourth-order valence-electron chi connectivity index (χ4n) is 4.36. The first-order chi connectivity index (χ1) is 16.1. The minimum absolute atomic E-state index is 0.238. The number of ether oxygens (including phenoxy) is 1. The molecule has 0 N–H and O–H groups in total. The molecule has 2 aliphatic carbocycles. The lowest BCUT2D eigenvalue weighted by Gasteiger charge is -2.13. The molecule has 2 fully saturated rings. The first-order valence-electron chi connectivity index (χ1n) is 11.5. The Kier molecular flexibility index (Phi) is 4.70. The molecule has 9 nitrogen and oxygen atoms in total. The van der Waals surface area contributed by atoms with Gasteiger partial charge in [-0.1, -0.05) is 12.1 Å². The summed E-state index contributed by atoms with van der Waals surface area (Å²) in [6.45, 7) is 1.52. The molecule has 9 heteroatoms. The van der Waals surface area contributed by atoms with Gasteiger partial charge in [0.15, 0.2) is 11.2 Å². The second kappa shape index (κ2) is 7.75. The van der Waals surface area contributed by atoms with Crippen LogP contribution in [0, 0.1) is 11.8 Å². The van der Waals surface area contributed by atoms with Crippen molar-refractivity contribution in [1.82, 2.24) is 28.2 Å². The summed E-state index contributed by atoms with van der Waals surface area (Å²) in [6.07, 6.45) is 9.50. The van der Waals surface area contributed by atoms with Crippen LogP contribution in [0.3, 0.4) is 0 Å². The maximum absolute atomic E-state index is 13.7. The summed E-state index contributed by atoms with van der Waals surface area (Å²) in [5.41, 5.74) is 1.43. The molecule has 6 rings (SSSR count). The number of benzene rings is 1. The normalized spacial score (nSPS) is 15.9. The van der Waals surface area contributed by atoms with Crippen LogP contribution < -0.4 is 16.0 Å². The topological polar surface area (TPSA) is 88.9 Å². The van der Waals surface area contributed by atoms with Gasteiger partial charge in [0, 0.05) is 25.5 Å². The highest BCUT2D eigenvalue weighted by molar-refractivity contribution is 5.73. The fourth-order valence-corrected chi connectivity index (χ4v) is 4.36. The van der Waals surface area contributed by atoms with Crippen molar-refractivity contribution in [2.45, 2.75) is 45.3 Å². The molecule has 1 aromatic carbocycles. The van der Waals surface area contributed by atoms with E-state index in [4.69, 9.17) is 9.72 Å². The van der Waals surface area contributed by atoms with Crippen LogP contribution in [-0.4, -0.2) is 35.3 Å². The summed E-state index contributed by atoms with van der Waals surface area (Å²) in [5, 5.41) is 0. The zero-order chi connectivity index (χ0) is 22.5. The lowest BCUT2D eigenvalue weighted by atomic mass is 10.2. The average Bonchev–Trinajstić information content (AvgIpc) is 3.74. The van der Waals surface area contributed by atoms with Crippen LogP contribution in [0.25, 0.3) is 17.1 Å². The maximum atomic E-state index is 13.7. The molecule has 4 aromatic rings. The number of hydrogen-bond donors (Lipinski definition) is 0. The predicted octanol–water partition coefficient (Wildman–Crippen LogP) is 2.42. The van der Waals surface area contributed by atoms with Gasteiger partial charge in [-0.25, -0.2) is 9.78 Å². The van der Waals surface area contributed by atoms with Crippen molar-refractivity contribution in [3.63, 3.8) is 0 Å². The lowest BCUT2D eigenvalue weighted by molar-refractivity contribution is 0.414. The van der Waals surface area contributed by atoms with Crippen molar-refractivity contribution in [3.8, 4) is 11.7 Å². The van der Waals surface area contributed by atoms with Crippen molar-refractivity contribution in [3.05, 3.63) is 69.4 Å². The van der Waals surface area contributed by atoms with E-state index in [1.165, 1.54) is 4.57 Å². The highest BCUT2D eigenvalue weighted by Crippen LogP contribution is 2.32. The van der Waals surface area contributed by atoms with E-state index < -0.39 is 0 Å². The van der Waals surface area contributed by atoms with E-state index in [2.05, 4.69) is 4.98 Å². The number of rotatable bonds is 8. The van der Waals surface area contributed by atoms with E-state index in [1.807, 2.05) is 28.8 Å². The standard InChI is InChI=1S/C24H26N6O3/c1-33-19-8-6-18(7-9-19)12-28-20-21(26-23(28)27-11-10-25-15-27)29(13-16-2-3-16)24(32)30(22(20)31)14-17-4-5-17/h6-11,15-17H,2-5,12-14H2,1H3. The van der Waals surface area contributed by atoms with Crippen molar-refractivity contribution in [1.29, 1.82) is 0 Å². The average molecular weight is 447 g/mol. The Morgan fingerprint density at radius 2 is 1.67 bits per heavy atom. The molecular weight excluding hydrogens is 420 g/mol. The smallest absolute Gasteiger partial charge is 0.332 e. The van der Waals surface area contributed by atoms with Gasteiger partial charge in [-0.05, 0) is 55.2 Å². The molecule has 3 aromatic heterocycles. The third-order valence-corrected chi connectivity index (χ3v) is 6.60. The van der Waals surface area contributed by atoms with Gasteiger partial charge in [0.25, 0.3) is 5.56 Å². The predicted molar refractivity (Wildman–Crippen MR) is 123 cm³/mol. The number of hydrogen-bond acceptors (Lipinski definition) is 5. The molecule has 2 aliphatic rings. The monoisotopic (exact) mass is 446 g/mol. The van der Waals surface area contributed by atoms with Gasteiger partial charge in [0.2, 0.25) is 5.95 Å². The number of methoxy groups -OCH3 is 1. The van der Waals surface area contributed by atoms with E-state index >= 15 is 0 Å². The van der Waals surface area contributed by atoms with E-state index in [0.717, 1.165) is 37.0 Å². The summed E-state index contributed by atoms with van der Waals surface area (Å²) in [5.74, 6) is 2.23. The van der Waals surface area contributed by atoms with Crippen molar-refractivity contribution < 1.29 is 4.74 Å². The van der Waals surface area contributed by atoms with Gasteiger partial charge < -0.3 is 4.74 Å². The highest BCUT2D eigenvalue weighted by Gasteiger charge is 2.30. The van der Waals surface area contributed by atoms with Gasteiger partial charge in [0.05, 0.1) is 13.7 Å². The number of nitrogens with zero attached hydrogens (tertiary/aromatic N) is 6. The molecular formula is C24H26N6O3. The third-order valence-electron chi connectivity index (χ3n) is 6.60. The Balaban J connectivity index is 1.59. The molecule has 33 heavy (non-hydrogen) atoms. The second-order valence-electron chi connectivity index (χ2n) is 9.18. The zero-order valence-corrected chi connectivity index (χ0v) is 18.6. The molecule has 0 amide bonds. The minimum atomic E-state index is -0.263. The lowest BCUT2D eigenvalue weighted by Crippen LogP contribution is -2.41. The van der Waals surface area contributed by atoms with Crippen LogP contribution in [0.5, 0.6) is 5.75 Å². The Morgan fingerprint density at radius 1 is 0.970 bits per heavy atom. The van der Waals surface area contributed by atoms with Crippen molar-refractivity contribution in [2.75, 3.05) is 7.11 Å². The molecule has 170 valence electrons. The molecule has 0 radical (unpaired) electrons. The van der Waals surface area contributed by atoms with Crippen LogP contribution in [0.1, 0.15) is 31.2 Å². The molecule has 0 spiro atoms. The first-order valence-corrected chi connectivity index (χ1v) is 11.5. The molecule has 3 heterocycles. The summed E-state index contributed by atoms with van der Waals surface area (Å²) in [7, 11) is 1.64. The molecule has 2 saturated carbocycles. The van der Waals surface area contributed by atoms with Gasteiger partial charge in [-0.3, -0.25) is 23.1 Å². The Hall–Kier alpha value is -3.62. The summed E-state index contributed by atoms with van der Waals surface area (Å²) in [4.78, 5) is 36.1. The quantitative estimate of drug-likeness (QED) is 0.415. The SMILES string of the molecule is COc1ccc(Cn2c(-n3ccnc3)nc3c2c(=O)n(CC2CC2)c(=O)n3CC2CC2)cc1. The molecule has 0 atom stereocenters. The van der Waals surface area contributed by atoms with E-state index in [1.54, 1.807) is 35.0 Å². The van der Waals surface area contributed by atoms with Crippen LogP contribution in [0.4, 0.5) is 0 Å². The van der Waals surface area contributed by atoms with Crippen LogP contribution in [0.2, 0.25) is 0 Å². The van der Waals surface area contributed by atoms with Crippen LogP contribution in [-0.2, 0) is 19.6 Å². The summed E-state index contributed by atoms with van der Waals surface area (Å²) in [6, 6.07) is 7.76. The van der Waals surface area contributed by atoms with Crippen molar-refractivity contribution in [2.24, 2.45) is 11.8 Å². The zero-order valence-electron chi connectivity index (χ0n) is 18.6. The van der Waals surface area contributed by atoms with E-state index in [-0.39, 0.29) is 11.2 Å². The van der Waals surface area contributed by atoms with Gasteiger partial charge >= 0.3 is 5.69 Å². The second-order valence-corrected chi connectivity index (χ2v) is 9.18. The van der Waals surface area contributed by atoms with Crippen molar-refractivity contribution >= 4 is 11.2 Å². The summed E-state index contributed by atoms with van der Waals surface area (Å²) >= 11 is 0. The molecule has 0 aliphatic heterocycles. The maximum Gasteiger partial charge on any atom is 0.332 e. The van der Waals surface area contributed by atoms with Gasteiger partial charge in [-0.15, -0.1) is 0 Å². The van der Waals surface area contributed by atoms with E-state index in [0.29, 0.717) is 48.6 Å². The number of fused-ring (bicyclic) bond motifs is 1. The largest absolute Gasteiger partial charge is 0.497 e. The Bertz CT molecular complexity index is 1420. The van der Waals surface area contributed by atoms with Gasteiger partial charge in [0.1, 0.15) is 12.1 Å². The molecule has 0 unspecified atom stereocenters. The fraction of sp³-hybridized carbons (Fsp3) is 0.417. The van der Waals surface area contributed by atoms with Crippen LogP contribution in [0.15, 0.2) is 52.6 Å². The highest BCUT2D eigenvalue weighted by atomic mass is 16.5.